The summed E-state index contributed by atoms with van der Waals surface area (Å²) in [4.78, 5) is 0. The Bertz CT molecular complexity index is 202. The lowest BCUT2D eigenvalue weighted by molar-refractivity contribution is 0.334. The molecule has 0 saturated heterocycles. The molecule has 0 rings (SSSR count). The van der Waals surface area contributed by atoms with E-state index in [1.54, 1.807) is 0 Å². The maximum atomic E-state index is 5.86. The Kier molecular flexibility index (Phi) is 4.73. The SMILES string of the molecule is CCC#CCO[Si](C)(C)C(C)(C)C. The Morgan fingerprint density at radius 1 is 1.15 bits per heavy atom. The van der Waals surface area contributed by atoms with E-state index in [0.717, 1.165) is 6.42 Å². The molecule has 0 aromatic carbocycles. The zero-order chi connectivity index (χ0) is 10.5. The second-order valence-corrected chi connectivity index (χ2v) is 9.57. The van der Waals surface area contributed by atoms with Gasteiger partial charge in [0.05, 0.1) is 6.61 Å². The lowest BCUT2D eigenvalue weighted by Crippen LogP contribution is -2.40. The molecule has 1 nitrogen and oxygen atoms in total. The van der Waals surface area contributed by atoms with Crippen molar-refractivity contribution in [3.63, 3.8) is 0 Å². The van der Waals surface area contributed by atoms with Crippen LogP contribution in [0.2, 0.25) is 18.1 Å². The van der Waals surface area contributed by atoms with Crippen LogP contribution in [-0.2, 0) is 4.43 Å². The summed E-state index contributed by atoms with van der Waals surface area (Å²) in [5.74, 6) is 6.05. The molecule has 0 aromatic heterocycles. The minimum Gasteiger partial charge on any atom is -0.406 e. The summed E-state index contributed by atoms with van der Waals surface area (Å²) >= 11 is 0. The van der Waals surface area contributed by atoms with Crippen LogP contribution in [0.1, 0.15) is 34.1 Å². The van der Waals surface area contributed by atoms with Crippen molar-refractivity contribution in [2.24, 2.45) is 0 Å². The van der Waals surface area contributed by atoms with Gasteiger partial charge in [0.1, 0.15) is 0 Å². The molecule has 0 atom stereocenters. The van der Waals surface area contributed by atoms with E-state index >= 15 is 0 Å². The first-order valence-corrected chi connectivity index (χ1v) is 7.82. The molecular weight excluding hydrogens is 176 g/mol. The van der Waals surface area contributed by atoms with E-state index < -0.39 is 8.32 Å². The fraction of sp³-hybridized carbons (Fsp3) is 0.818. The fourth-order valence-electron chi connectivity index (χ4n) is 0.609. The maximum Gasteiger partial charge on any atom is 0.193 e. The Balaban J connectivity index is 4.04. The van der Waals surface area contributed by atoms with Crippen LogP contribution in [0.4, 0.5) is 0 Å². The van der Waals surface area contributed by atoms with Crippen molar-refractivity contribution in [2.75, 3.05) is 6.61 Å². The molecule has 0 unspecified atom stereocenters. The molecular formula is C11H22OSi. The van der Waals surface area contributed by atoms with Crippen molar-refractivity contribution in [1.29, 1.82) is 0 Å². The van der Waals surface area contributed by atoms with Gasteiger partial charge in [-0.2, -0.15) is 0 Å². The predicted octanol–water partition coefficient (Wildman–Crippen LogP) is 3.42. The summed E-state index contributed by atoms with van der Waals surface area (Å²) in [5, 5.41) is 0.293. The van der Waals surface area contributed by atoms with Gasteiger partial charge < -0.3 is 4.43 Å². The quantitative estimate of drug-likeness (QED) is 0.488. The molecule has 0 saturated carbocycles. The number of hydrogen-bond donors (Lipinski definition) is 0. The topological polar surface area (TPSA) is 9.23 Å². The fourth-order valence-corrected chi connectivity index (χ4v) is 1.48. The second-order valence-electron chi connectivity index (χ2n) is 4.76. The van der Waals surface area contributed by atoms with Crippen molar-refractivity contribution in [3.05, 3.63) is 0 Å². The van der Waals surface area contributed by atoms with E-state index in [-0.39, 0.29) is 0 Å². The molecule has 0 fully saturated rings. The standard InChI is InChI=1S/C11H22OSi/c1-7-8-9-10-12-13(5,6)11(2,3)4/h7,10H2,1-6H3. The average molecular weight is 198 g/mol. The summed E-state index contributed by atoms with van der Waals surface area (Å²) < 4.78 is 5.86. The zero-order valence-corrected chi connectivity index (χ0v) is 10.8. The summed E-state index contributed by atoms with van der Waals surface area (Å²) in [6.45, 7) is 13.9. The van der Waals surface area contributed by atoms with Gasteiger partial charge >= 0.3 is 0 Å². The van der Waals surface area contributed by atoms with Crippen molar-refractivity contribution >= 4 is 8.32 Å². The van der Waals surface area contributed by atoms with Crippen LogP contribution in [0.5, 0.6) is 0 Å². The number of hydrogen-bond acceptors (Lipinski definition) is 1. The molecule has 0 aliphatic rings. The van der Waals surface area contributed by atoms with Crippen LogP contribution in [0.15, 0.2) is 0 Å². The molecule has 0 heterocycles. The summed E-state index contributed by atoms with van der Waals surface area (Å²) in [7, 11) is -1.56. The third kappa shape index (κ3) is 4.49. The first-order chi connectivity index (χ1) is 5.81. The van der Waals surface area contributed by atoms with Gasteiger partial charge in [-0.1, -0.05) is 33.6 Å². The monoisotopic (exact) mass is 198 g/mol. The van der Waals surface area contributed by atoms with Crippen LogP contribution in [0, 0.1) is 11.8 Å². The van der Waals surface area contributed by atoms with Crippen molar-refractivity contribution in [2.45, 2.75) is 52.2 Å². The minimum absolute atomic E-state index is 0.293. The maximum absolute atomic E-state index is 5.86. The molecule has 76 valence electrons. The van der Waals surface area contributed by atoms with E-state index in [2.05, 4.69) is 52.6 Å². The third-order valence-corrected chi connectivity index (χ3v) is 7.09. The molecule has 0 bridgehead atoms. The normalized spacial score (nSPS) is 12.2. The Hall–Kier alpha value is -0.263. The predicted molar refractivity (Wildman–Crippen MR) is 61.2 cm³/mol. The lowest BCUT2D eigenvalue weighted by Gasteiger charge is -2.35. The van der Waals surface area contributed by atoms with Gasteiger partial charge in [0, 0.05) is 6.42 Å². The number of rotatable bonds is 2. The highest BCUT2D eigenvalue weighted by Gasteiger charge is 2.36. The molecule has 0 N–H and O–H groups in total. The molecule has 13 heavy (non-hydrogen) atoms. The molecule has 0 spiro atoms. The van der Waals surface area contributed by atoms with Crippen LogP contribution in [0.25, 0.3) is 0 Å². The van der Waals surface area contributed by atoms with Crippen LogP contribution < -0.4 is 0 Å². The Morgan fingerprint density at radius 3 is 2.08 bits per heavy atom. The second kappa shape index (κ2) is 4.83. The van der Waals surface area contributed by atoms with Crippen LogP contribution >= 0.6 is 0 Å². The first kappa shape index (κ1) is 12.7. The molecule has 0 aliphatic heterocycles. The van der Waals surface area contributed by atoms with Gasteiger partial charge in [-0.15, -0.1) is 5.92 Å². The van der Waals surface area contributed by atoms with Gasteiger partial charge in [-0.3, -0.25) is 0 Å². The van der Waals surface area contributed by atoms with Gasteiger partial charge in [-0.25, -0.2) is 0 Å². The minimum atomic E-state index is -1.56. The van der Waals surface area contributed by atoms with Crippen molar-refractivity contribution < 1.29 is 4.43 Å². The zero-order valence-electron chi connectivity index (χ0n) is 9.82. The van der Waals surface area contributed by atoms with E-state index in [9.17, 15) is 0 Å². The van der Waals surface area contributed by atoms with E-state index in [4.69, 9.17) is 4.43 Å². The van der Waals surface area contributed by atoms with E-state index in [0.29, 0.717) is 11.6 Å². The van der Waals surface area contributed by atoms with Gasteiger partial charge in [0.25, 0.3) is 0 Å². The Labute approximate surface area is 84.0 Å². The summed E-state index contributed by atoms with van der Waals surface area (Å²) in [5.41, 5.74) is 0. The molecule has 0 aromatic rings. The van der Waals surface area contributed by atoms with Gasteiger partial charge in [-0.05, 0) is 18.1 Å². The largest absolute Gasteiger partial charge is 0.406 e. The van der Waals surface area contributed by atoms with Crippen molar-refractivity contribution in [3.8, 4) is 11.8 Å². The summed E-state index contributed by atoms with van der Waals surface area (Å²) in [6, 6.07) is 0. The lowest BCUT2D eigenvalue weighted by atomic mass is 10.2. The highest BCUT2D eigenvalue weighted by Crippen LogP contribution is 2.36. The van der Waals surface area contributed by atoms with Gasteiger partial charge in [0.15, 0.2) is 8.32 Å². The smallest absolute Gasteiger partial charge is 0.193 e. The highest BCUT2D eigenvalue weighted by atomic mass is 28.4. The van der Waals surface area contributed by atoms with Crippen LogP contribution in [-0.4, -0.2) is 14.9 Å². The van der Waals surface area contributed by atoms with E-state index in [1.165, 1.54) is 0 Å². The average Bonchev–Trinajstić information content (AvgIpc) is 1.96. The van der Waals surface area contributed by atoms with Gasteiger partial charge in [0.2, 0.25) is 0 Å². The third-order valence-electron chi connectivity index (χ3n) is 2.61. The molecule has 0 aliphatic carbocycles. The Morgan fingerprint density at radius 2 is 1.69 bits per heavy atom. The summed E-state index contributed by atoms with van der Waals surface area (Å²) in [6.07, 6.45) is 0.918. The van der Waals surface area contributed by atoms with Crippen molar-refractivity contribution in [1.82, 2.24) is 0 Å². The van der Waals surface area contributed by atoms with Crippen LogP contribution in [0.3, 0.4) is 0 Å². The molecule has 0 radical (unpaired) electrons. The first-order valence-electron chi connectivity index (χ1n) is 4.91. The van der Waals surface area contributed by atoms with E-state index in [1.807, 2.05) is 0 Å². The highest BCUT2D eigenvalue weighted by molar-refractivity contribution is 6.74. The molecule has 2 heteroatoms. The molecule has 0 amide bonds.